The van der Waals surface area contributed by atoms with E-state index in [1.54, 1.807) is 38.1 Å². The van der Waals surface area contributed by atoms with E-state index >= 15 is 0 Å². The van der Waals surface area contributed by atoms with E-state index in [4.69, 9.17) is 21.5 Å². The van der Waals surface area contributed by atoms with Gasteiger partial charge in [-0.05, 0) is 32.0 Å². The number of halogens is 1. The molecule has 5 atom stereocenters. The molecule has 0 radical (unpaired) electrons. The van der Waals surface area contributed by atoms with Gasteiger partial charge in [-0.1, -0.05) is 29.8 Å². The number of sulfonamides is 1. The monoisotopic (exact) mass is 583 g/mol. The lowest BCUT2D eigenvalue weighted by Crippen LogP contribution is -2.61. The maximum absolute atomic E-state index is 13.1. The molecule has 3 unspecified atom stereocenters. The lowest BCUT2D eigenvalue weighted by molar-refractivity contribution is -0.795. The fourth-order valence-electron chi connectivity index (χ4n) is 5.00. The average molecular weight is 584 g/mol. The van der Waals surface area contributed by atoms with E-state index in [1.807, 2.05) is 0 Å². The van der Waals surface area contributed by atoms with Crippen molar-refractivity contribution in [1.29, 1.82) is 0 Å². The Bertz CT molecular complexity index is 1420. The zero-order valence-electron chi connectivity index (χ0n) is 20.5. The highest BCUT2D eigenvalue weighted by molar-refractivity contribution is 7.89. The number of thiol groups is 1. The Labute approximate surface area is 230 Å². The molecule has 2 aliphatic rings. The lowest BCUT2D eigenvalue weighted by atomic mass is 10.0. The minimum atomic E-state index is -4.14. The highest BCUT2D eigenvalue weighted by Gasteiger charge is 2.58. The predicted molar refractivity (Wildman–Crippen MR) is 143 cm³/mol. The maximum atomic E-state index is 13.1. The van der Waals surface area contributed by atoms with Gasteiger partial charge >= 0.3 is 12.0 Å². The molecule has 38 heavy (non-hydrogen) atoms. The minimum Gasteiger partial charge on any atom is -0.484 e. The summed E-state index contributed by atoms with van der Waals surface area (Å²) < 4.78 is 29.1. The van der Waals surface area contributed by atoms with E-state index in [-0.39, 0.29) is 27.8 Å². The number of likely N-dealkylation sites (tertiary alicyclic amines) is 1. The molecule has 11 nitrogen and oxygen atoms in total. The van der Waals surface area contributed by atoms with Gasteiger partial charge in [0.25, 0.3) is 5.91 Å². The number of carbonyl (C=O) groups is 3. The van der Waals surface area contributed by atoms with Crippen LogP contribution in [0.1, 0.15) is 42.4 Å². The third-order valence-corrected chi connectivity index (χ3v) is 8.92. The number of fused-ring (bicyclic) bond motifs is 1. The molecule has 2 heterocycles. The number of nitrogens with one attached hydrogen (secondary N) is 2. The molecule has 0 aliphatic carbocycles. The van der Waals surface area contributed by atoms with Gasteiger partial charge < -0.3 is 20.5 Å². The molecule has 0 spiro atoms. The number of para-hydroxylation sites is 1. The van der Waals surface area contributed by atoms with Gasteiger partial charge in [0.2, 0.25) is 10.0 Å². The Hall–Kier alpha value is -2.84. The van der Waals surface area contributed by atoms with Crippen LogP contribution >= 0.6 is 24.2 Å². The summed E-state index contributed by atoms with van der Waals surface area (Å²) in [5.41, 5.74) is 0.896. The first kappa shape index (κ1) is 28.2. The van der Waals surface area contributed by atoms with Crippen molar-refractivity contribution >= 4 is 57.8 Å². The van der Waals surface area contributed by atoms with Gasteiger partial charge in [-0.25, -0.2) is 18.4 Å². The number of ether oxygens (including phenoxy) is 1. The van der Waals surface area contributed by atoms with Gasteiger partial charge in [-0.15, -0.1) is 0 Å². The van der Waals surface area contributed by atoms with Crippen LogP contribution in [0.3, 0.4) is 0 Å². The summed E-state index contributed by atoms with van der Waals surface area (Å²) in [4.78, 5) is 38.0. The number of imide groups is 1. The molecule has 2 aromatic carbocycles. The summed E-state index contributed by atoms with van der Waals surface area (Å²) in [6.07, 6.45) is -2.27. The van der Waals surface area contributed by atoms with E-state index in [0.717, 1.165) is 6.07 Å². The van der Waals surface area contributed by atoms with Crippen LogP contribution in [-0.2, 0) is 14.8 Å². The normalized spacial score (nSPS) is 25.6. The highest BCUT2D eigenvalue weighted by Crippen LogP contribution is 2.37. The van der Waals surface area contributed by atoms with Gasteiger partial charge in [0.1, 0.15) is 29.4 Å². The predicted octanol–water partition coefficient (Wildman–Crippen LogP) is 2.97. The summed E-state index contributed by atoms with van der Waals surface area (Å²) >= 11 is 10.3. The number of nitrogens with two attached hydrogens (primary N) is 1. The Balaban J connectivity index is 1.62. The number of amides is 3. The number of anilines is 1. The number of hydrogen-bond donors (Lipinski definition) is 5. The van der Waals surface area contributed by atoms with Crippen LogP contribution in [0.25, 0.3) is 0 Å². The molecule has 0 saturated carbocycles. The van der Waals surface area contributed by atoms with Gasteiger partial charge in [-0.3, -0.25) is 4.79 Å². The van der Waals surface area contributed by atoms with Crippen molar-refractivity contribution in [3.8, 4) is 5.75 Å². The number of nitrogens with zero attached hydrogens (tertiary/aromatic N) is 1. The smallest absolute Gasteiger partial charge is 0.484 e. The molecular formula is C24H28ClN4O7S2+. The van der Waals surface area contributed by atoms with Crippen LogP contribution in [0.5, 0.6) is 5.75 Å². The molecule has 14 heteroatoms. The summed E-state index contributed by atoms with van der Waals surface area (Å²) in [7, 11) is -4.14. The first-order valence-electron chi connectivity index (χ1n) is 11.8. The van der Waals surface area contributed by atoms with Crippen LogP contribution in [0.15, 0.2) is 41.3 Å². The number of primary sulfonamides is 1. The molecule has 3 amide bonds. The summed E-state index contributed by atoms with van der Waals surface area (Å²) in [6, 6.07) is 8.80. The first-order valence-corrected chi connectivity index (χ1v) is 14.3. The minimum absolute atomic E-state index is 0.0538. The van der Waals surface area contributed by atoms with E-state index in [1.165, 1.54) is 6.07 Å². The molecular weight excluding hydrogens is 556 g/mol. The van der Waals surface area contributed by atoms with Gasteiger partial charge in [0.15, 0.2) is 6.10 Å². The van der Waals surface area contributed by atoms with E-state index in [9.17, 15) is 27.9 Å². The quantitative estimate of drug-likeness (QED) is 0.256. The standard InChI is InChI=1S/C24H27ClN4O7S2/c1-12(11-37)23(31)29(24(32)33)10-14(7-13(29)2)36-19-6-4-3-5-15(19)21-27-18-9-17(25)20(38(26,34)35)8-16(18)22(30)28-21/h3-6,8-9,12-14,21,27H,7,10-11H2,1-2H3,(H4-,26,28,30,32,33,34,35,37)/p+1/t12?,13?,14-,21?,29-/m0/s1. The van der Waals surface area contributed by atoms with Crippen molar-refractivity contribution in [1.82, 2.24) is 5.32 Å². The Kier molecular flexibility index (Phi) is 7.70. The highest BCUT2D eigenvalue weighted by atomic mass is 35.5. The van der Waals surface area contributed by atoms with Crippen molar-refractivity contribution < 1.29 is 37.1 Å². The second kappa shape index (κ2) is 10.4. The topological polar surface area (TPSA) is 165 Å². The van der Waals surface area contributed by atoms with Gasteiger partial charge in [-0.2, -0.15) is 21.9 Å². The van der Waals surface area contributed by atoms with Gasteiger partial charge in [0.05, 0.1) is 22.2 Å². The number of hydrogen-bond acceptors (Lipinski definition) is 8. The molecule has 0 bridgehead atoms. The molecule has 1 fully saturated rings. The number of carbonyl (C=O) groups excluding carboxylic acids is 2. The summed E-state index contributed by atoms with van der Waals surface area (Å²) in [5, 5.41) is 21.0. The number of quaternary nitrogens is 1. The van der Waals surface area contributed by atoms with E-state index in [0.29, 0.717) is 23.4 Å². The zero-order chi connectivity index (χ0) is 28.0. The lowest BCUT2D eigenvalue weighted by Gasteiger charge is -2.31. The van der Waals surface area contributed by atoms with Crippen LogP contribution in [0.4, 0.5) is 10.5 Å². The van der Waals surface area contributed by atoms with Crippen LogP contribution < -0.4 is 20.5 Å². The zero-order valence-corrected chi connectivity index (χ0v) is 23.0. The van der Waals surface area contributed by atoms with E-state index < -0.39 is 56.6 Å². The summed E-state index contributed by atoms with van der Waals surface area (Å²) in [5.74, 6) is -0.912. The number of carboxylic acid groups (broad SMARTS) is 1. The SMILES string of the molecule is CC(CS)C(=O)[N@+]1(C(=O)O)C[C@@H](Oc2ccccc2C2NC(=O)c3cc(S(N)(=O)=O)c(Cl)cc3N2)CC1C. The van der Waals surface area contributed by atoms with E-state index in [2.05, 4.69) is 23.3 Å². The third kappa shape index (κ3) is 4.96. The van der Waals surface area contributed by atoms with Crippen molar-refractivity contribution in [3.05, 3.63) is 52.5 Å². The molecule has 5 N–H and O–H groups in total. The van der Waals surface area contributed by atoms with Crippen molar-refractivity contribution in [2.75, 3.05) is 17.6 Å². The van der Waals surface area contributed by atoms with Crippen LogP contribution in [0.2, 0.25) is 5.02 Å². The second-order valence-corrected chi connectivity index (χ2v) is 11.8. The van der Waals surface area contributed by atoms with Gasteiger partial charge in [0, 0.05) is 17.7 Å². The Morgan fingerprint density at radius 2 is 1.97 bits per heavy atom. The summed E-state index contributed by atoms with van der Waals surface area (Å²) in [6.45, 7) is 3.31. The average Bonchev–Trinajstić information content (AvgIpc) is 3.18. The third-order valence-electron chi connectivity index (χ3n) is 7.00. The van der Waals surface area contributed by atoms with Crippen LogP contribution in [0, 0.1) is 5.92 Å². The first-order chi connectivity index (χ1) is 17.8. The Morgan fingerprint density at radius 3 is 2.61 bits per heavy atom. The number of rotatable bonds is 6. The van der Waals surface area contributed by atoms with Crippen molar-refractivity contribution in [2.45, 2.75) is 43.5 Å². The molecule has 2 aliphatic heterocycles. The maximum Gasteiger partial charge on any atom is 0.521 e. The molecule has 204 valence electrons. The largest absolute Gasteiger partial charge is 0.521 e. The van der Waals surface area contributed by atoms with Crippen molar-refractivity contribution in [2.24, 2.45) is 11.1 Å². The Morgan fingerprint density at radius 1 is 1.29 bits per heavy atom. The molecule has 1 saturated heterocycles. The molecule has 2 aromatic rings. The van der Waals surface area contributed by atoms with Crippen molar-refractivity contribution in [3.63, 3.8) is 0 Å². The fraction of sp³-hybridized carbons (Fsp3) is 0.375. The molecule has 0 aromatic heterocycles. The van der Waals surface area contributed by atoms with Crippen LogP contribution in [-0.4, -0.2) is 60.4 Å². The molecule has 4 rings (SSSR count). The fourth-order valence-corrected chi connectivity index (χ4v) is 6.26. The second-order valence-electron chi connectivity index (χ2n) is 9.54. The number of benzene rings is 2.